The predicted octanol–water partition coefficient (Wildman–Crippen LogP) is 1.18. The van der Waals surface area contributed by atoms with E-state index in [1.807, 2.05) is 13.8 Å². The highest BCUT2D eigenvalue weighted by molar-refractivity contribution is 9.10. The van der Waals surface area contributed by atoms with Crippen molar-refractivity contribution in [1.82, 2.24) is 9.78 Å². The number of halogens is 1. The van der Waals surface area contributed by atoms with E-state index in [1.165, 1.54) is 0 Å². The summed E-state index contributed by atoms with van der Waals surface area (Å²) in [4.78, 5) is 10.7. The van der Waals surface area contributed by atoms with Crippen LogP contribution in [0.2, 0.25) is 0 Å². The van der Waals surface area contributed by atoms with Gasteiger partial charge in [0, 0.05) is 13.0 Å². The molecule has 0 spiro atoms. The van der Waals surface area contributed by atoms with Gasteiger partial charge in [-0.3, -0.25) is 9.48 Å². The topological polar surface area (TPSA) is 81.1 Å². The molecule has 0 saturated carbocycles. The van der Waals surface area contributed by atoms with Crippen LogP contribution in [0.1, 0.15) is 25.2 Å². The number of aliphatic carboxylic acids is 1. The summed E-state index contributed by atoms with van der Waals surface area (Å²) in [5.74, 6) is -0.992. The summed E-state index contributed by atoms with van der Waals surface area (Å²) in [6.07, 6.45) is 1.10. The third kappa shape index (κ3) is 2.62. The lowest BCUT2D eigenvalue weighted by atomic mass is 10.1. The molecule has 3 N–H and O–H groups in total. The van der Waals surface area contributed by atoms with Gasteiger partial charge in [0.2, 0.25) is 0 Å². The normalized spacial score (nSPS) is 12.8. The highest BCUT2D eigenvalue weighted by Crippen LogP contribution is 2.23. The molecule has 0 unspecified atom stereocenters. The zero-order chi connectivity index (χ0) is 12.3. The molecule has 0 fully saturated rings. The summed E-state index contributed by atoms with van der Waals surface area (Å²) in [7, 11) is 0. The number of carboxylic acid groups (broad SMARTS) is 1. The number of nitrogens with zero attached hydrogens (tertiary/aromatic N) is 2. The second-order valence-electron chi connectivity index (χ2n) is 3.53. The molecule has 0 aliphatic carbocycles. The van der Waals surface area contributed by atoms with Gasteiger partial charge < -0.3 is 10.8 Å². The quantitative estimate of drug-likeness (QED) is 0.853. The number of nitrogens with two attached hydrogens (primary N) is 1. The highest BCUT2D eigenvalue weighted by Gasteiger charge is 2.19. The molecule has 1 heterocycles. The number of aromatic nitrogens is 2. The zero-order valence-corrected chi connectivity index (χ0v) is 11.0. The molecular weight excluding hydrogens is 274 g/mol. The van der Waals surface area contributed by atoms with Crippen molar-refractivity contribution in [2.75, 3.05) is 0 Å². The first-order valence-corrected chi connectivity index (χ1v) is 6.02. The molecule has 6 heteroatoms. The van der Waals surface area contributed by atoms with Crippen molar-refractivity contribution >= 4 is 21.9 Å². The highest BCUT2D eigenvalue weighted by atomic mass is 79.9. The van der Waals surface area contributed by atoms with Crippen molar-refractivity contribution in [1.29, 1.82) is 0 Å². The van der Waals surface area contributed by atoms with Crippen LogP contribution in [0.5, 0.6) is 0 Å². The van der Waals surface area contributed by atoms with Gasteiger partial charge in [0.15, 0.2) is 0 Å². The van der Waals surface area contributed by atoms with Gasteiger partial charge in [-0.1, -0.05) is 6.92 Å². The van der Waals surface area contributed by atoms with Crippen molar-refractivity contribution in [3.8, 4) is 0 Å². The molecule has 1 aromatic heterocycles. The van der Waals surface area contributed by atoms with Gasteiger partial charge in [0.1, 0.15) is 6.04 Å². The third-order valence-electron chi connectivity index (χ3n) is 2.42. The first kappa shape index (κ1) is 13.2. The Hall–Kier alpha value is -0.880. The minimum Gasteiger partial charge on any atom is -0.480 e. The molecule has 1 atom stereocenters. The molecular formula is C10H16BrN3O2. The van der Waals surface area contributed by atoms with Crippen LogP contribution in [0.3, 0.4) is 0 Å². The van der Waals surface area contributed by atoms with E-state index in [4.69, 9.17) is 10.8 Å². The van der Waals surface area contributed by atoms with E-state index < -0.39 is 12.0 Å². The summed E-state index contributed by atoms with van der Waals surface area (Å²) in [6, 6.07) is -0.886. The summed E-state index contributed by atoms with van der Waals surface area (Å²) in [5.41, 5.74) is 7.33. The van der Waals surface area contributed by atoms with Crippen molar-refractivity contribution in [3.05, 3.63) is 15.9 Å². The maximum absolute atomic E-state index is 10.7. The Bertz CT molecular complexity index is 390. The number of carboxylic acids is 1. The summed E-state index contributed by atoms with van der Waals surface area (Å²) in [6.45, 7) is 4.68. The van der Waals surface area contributed by atoms with Crippen LogP contribution in [-0.2, 0) is 24.2 Å². The fourth-order valence-corrected chi connectivity index (χ4v) is 2.23. The van der Waals surface area contributed by atoms with Crippen LogP contribution < -0.4 is 5.73 Å². The molecule has 1 rings (SSSR count). The Morgan fingerprint density at radius 3 is 2.69 bits per heavy atom. The standard InChI is InChI=1S/C10H16BrN3O2/c1-3-7-9(11)8(14(4-2)13-7)5-6(12)10(15)16/h6H,3-5,12H2,1-2H3,(H,15,16)/t6-/m0/s1. The first-order chi connectivity index (χ1) is 7.51. The Kier molecular flexibility index (Phi) is 4.49. The van der Waals surface area contributed by atoms with E-state index in [1.54, 1.807) is 4.68 Å². The second kappa shape index (κ2) is 5.45. The smallest absolute Gasteiger partial charge is 0.320 e. The molecule has 0 aliphatic rings. The Morgan fingerprint density at radius 2 is 2.25 bits per heavy atom. The van der Waals surface area contributed by atoms with E-state index in [-0.39, 0.29) is 6.42 Å². The molecule has 0 bridgehead atoms. The Morgan fingerprint density at radius 1 is 1.62 bits per heavy atom. The minimum atomic E-state index is -0.992. The fraction of sp³-hybridized carbons (Fsp3) is 0.600. The van der Waals surface area contributed by atoms with Crippen molar-refractivity contribution in [2.45, 2.75) is 39.3 Å². The van der Waals surface area contributed by atoms with E-state index in [0.29, 0.717) is 6.54 Å². The van der Waals surface area contributed by atoms with Gasteiger partial charge in [-0.05, 0) is 29.3 Å². The molecule has 0 radical (unpaired) electrons. The number of rotatable bonds is 5. The summed E-state index contributed by atoms with van der Waals surface area (Å²) >= 11 is 3.45. The van der Waals surface area contributed by atoms with E-state index in [2.05, 4.69) is 21.0 Å². The summed E-state index contributed by atoms with van der Waals surface area (Å²) < 4.78 is 2.68. The van der Waals surface area contributed by atoms with Crippen LogP contribution in [0.4, 0.5) is 0 Å². The molecule has 0 amide bonds. The molecule has 5 nitrogen and oxygen atoms in total. The predicted molar refractivity (Wildman–Crippen MR) is 64.3 cm³/mol. The molecule has 90 valence electrons. The Labute approximate surface area is 103 Å². The van der Waals surface area contributed by atoms with E-state index in [0.717, 1.165) is 22.3 Å². The lowest BCUT2D eigenvalue weighted by Crippen LogP contribution is -2.33. The van der Waals surface area contributed by atoms with Crippen LogP contribution in [0.15, 0.2) is 4.47 Å². The fourth-order valence-electron chi connectivity index (χ4n) is 1.51. The molecule has 0 aliphatic heterocycles. The molecule has 0 aromatic carbocycles. The van der Waals surface area contributed by atoms with Crippen LogP contribution in [0.25, 0.3) is 0 Å². The van der Waals surface area contributed by atoms with Crippen LogP contribution >= 0.6 is 15.9 Å². The van der Waals surface area contributed by atoms with Crippen LogP contribution in [0, 0.1) is 0 Å². The van der Waals surface area contributed by atoms with Crippen molar-refractivity contribution in [2.24, 2.45) is 5.73 Å². The summed E-state index contributed by atoms with van der Waals surface area (Å²) in [5, 5.41) is 13.2. The van der Waals surface area contributed by atoms with E-state index in [9.17, 15) is 4.79 Å². The van der Waals surface area contributed by atoms with Gasteiger partial charge in [0.05, 0.1) is 15.9 Å². The molecule has 0 saturated heterocycles. The van der Waals surface area contributed by atoms with Gasteiger partial charge in [-0.2, -0.15) is 5.10 Å². The number of aryl methyl sites for hydroxylation is 2. The number of carbonyl (C=O) groups is 1. The average Bonchev–Trinajstić information content (AvgIpc) is 2.55. The van der Waals surface area contributed by atoms with Crippen LogP contribution in [-0.4, -0.2) is 26.9 Å². The van der Waals surface area contributed by atoms with Crippen molar-refractivity contribution < 1.29 is 9.90 Å². The maximum atomic E-state index is 10.7. The van der Waals surface area contributed by atoms with Crippen molar-refractivity contribution in [3.63, 3.8) is 0 Å². The number of hydrogen-bond donors (Lipinski definition) is 2. The molecule has 16 heavy (non-hydrogen) atoms. The second-order valence-corrected chi connectivity index (χ2v) is 4.32. The first-order valence-electron chi connectivity index (χ1n) is 5.23. The number of hydrogen-bond acceptors (Lipinski definition) is 3. The molecule has 1 aromatic rings. The van der Waals surface area contributed by atoms with Gasteiger partial charge >= 0.3 is 5.97 Å². The lowest BCUT2D eigenvalue weighted by Gasteiger charge is -2.08. The van der Waals surface area contributed by atoms with E-state index >= 15 is 0 Å². The largest absolute Gasteiger partial charge is 0.480 e. The Balaban J connectivity index is 3.01. The zero-order valence-electron chi connectivity index (χ0n) is 9.40. The maximum Gasteiger partial charge on any atom is 0.320 e. The average molecular weight is 290 g/mol. The monoisotopic (exact) mass is 289 g/mol. The minimum absolute atomic E-state index is 0.288. The third-order valence-corrected chi connectivity index (χ3v) is 3.34. The SMILES string of the molecule is CCc1nn(CC)c(C[C@H](N)C(=O)O)c1Br. The van der Waals surface area contributed by atoms with Gasteiger partial charge in [0.25, 0.3) is 0 Å². The van der Waals surface area contributed by atoms with Gasteiger partial charge in [-0.15, -0.1) is 0 Å². The lowest BCUT2D eigenvalue weighted by molar-refractivity contribution is -0.138. The van der Waals surface area contributed by atoms with Gasteiger partial charge in [-0.25, -0.2) is 0 Å².